The van der Waals surface area contributed by atoms with Gasteiger partial charge in [0.2, 0.25) is 5.89 Å². The molecule has 1 aliphatic carbocycles. The number of nitrogens with one attached hydrogen (secondary N) is 2. The fourth-order valence-electron chi connectivity index (χ4n) is 3.66. The maximum atomic E-state index is 13.2. The lowest BCUT2D eigenvalue weighted by Gasteiger charge is -2.29. The summed E-state index contributed by atoms with van der Waals surface area (Å²) >= 11 is 0. The van der Waals surface area contributed by atoms with E-state index in [1.54, 1.807) is 6.07 Å². The first-order valence-corrected chi connectivity index (χ1v) is 10.7. The molecule has 4 rings (SSSR count). The van der Waals surface area contributed by atoms with Gasteiger partial charge in [-0.05, 0) is 37.1 Å². The van der Waals surface area contributed by atoms with Gasteiger partial charge < -0.3 is 25.3 Å². The molecule has 182 valence electrons. The number of methoxy groups -OCH3 is 1. The summed E-state index contributed by atoms with van der Waals surface area (Å²) in [7, 11) is 1.32. The number of aliphatic hydroxyl groups is 1. The highest BCUT2D eigenvalue weighted by Crippen LogP contribution is 2.36. The molecule has 0 saturated heterocycles. The van der Waals surface area contributed by atoms with Gasteiger partial charge in [0.1, 0.15) is 23.2 Å². The van der Waals surface area contributed by atoms with Gasteiger partial charge >= 0.3 is 6.18 Å². The normalized spacial score (nSPS) is 15.2. The highest BCUT2D eigenvalue weighted by atomic mass is 19.4. The number of carbonyl (C=O) groups excluding carboxylic acids is 1. The number of ether oxygens (including phenoxy) is 1. The maximum Gasteiger partial charge on any atom is 0.433 e. The Labute approximate surface area is 192 Å². The summed E-state index contributed by atoms with van der Waals surface area (Å²) in [5.41, 5.74) is 4.87. The van der Waals surface area contributed by atoms with Gasteiger partial charge in [-0.1, -0.05) is 6.42 Å². The zero-order valence-corrected chi connectivity index (χ0v) is 18.3. The molecule has 1 saturated carbocycles. The Kier molecular flexibility index (Phi) is 6.73. The number of carbonyl (C=O) groups is 1. The molecule has 0 radical (unpaired) electrons. The summed E-state index contributed by atoms with van der Waals surface area (Å²) < 4.78 is 50.4. The summed E-state index contributed by atoms with van der Waals surface area (Å²) in [5.74, 6) is -0.368. The van der Waals surface area contributed by atoms with E-state index in [0.717, 1.165) is 25.3 Å². The van der Waals surface area contributed by atoms with Crippen LogP contribution in [0.1, 0.15) is 41.2 Å². The number of nitrogens with two attached hydrogens (primary N) is 1. The van der Waals surface area contributed by atoms with Gasteiger partial charge in [-0.2, -0.15) is 13.2 Å². The number of nitrogens with zero attached hydrogens (tertiary/aromatic N) is 2. The molecular formula is C22H24F3N5O4. The summed E-state index contributed by atoms with van der Waals surface area (Å²) in [6.45, 7) is -0.180. The molecule has 34 heavy (non-hydrogen) atoms. The van der Waals surface area contributed by atoms with Gasteiger partial charge in [-0.15, -0.1) is 0 Å². The van der Waals surface area contributed by atoms with Crippen LogP contribution in [0.2, 0.25) is 0 Å². The molecule has 1 unspecified atom stereocenters. The van der Waals surface area contributed by atoms with Crippen LogP contribution in [0.3, 0.4) is 0 Å². The topological polar surface area (TPSA) is 136 Å². The van der Waals surface area contributed by atoms with E-state index in [9.17, 15) is 23.1 Å². The number of hydrogen-bond acceptors (Lipinski definition) is 8. The number of alkyl halides is 3. The van der Waals surface area contributed by atoms with Gasteiger partial charge in [-0.25, -0.2) is 9.97 Å². The van der Waals surface area contributed by atoms with E-state index in [2.05, 4.69) is 20.6 Å². The third-order valence-electron chi connectivity index (χ3n) is 5.65. The fraction of sp³-hybridized carbons (Fsp3) is 0.409. The number of aliphatic hydroxyl groups excluding tert-OH is 1. The number of fused-ring (bicyclic) bond motifs is 1. The van der Waals surface area contributed by atoms with Crippen LogP contribution in [-0.2, 0) is 12.7 Å². The lowest BCUT2D eigenvalue weighted by Crippen LogP contribution is -2.47. The molecule has 1 aromatic carbocycles. The molecule has 2 aromatic heterocycles. The van der Waals surface area contributed by atoms with Crippen LogP contribution >= 0.6 is 0 Å². The smallest absolute Gasteiger partial charge is 0.433 e. The van der Waals surface area contributed by atoms with Crippen LogP contribution < -0.4 is 21.1 Å². The van der Waals surface area contributed by atoms with Gasteiger partial charge in [0.05, 0.1) is 20.2 Å². The molecule has 0 aliphatic heterocycles. The number of benzene rings is 1. The average Bonchev–Trinajstić information content (AvgIpc) is 3.22. The molecule has 9 nitrogen and oxygen atoms in total. The zero-order valence-electron chi connectivity index (χ0n) is 18.3. The van der Waals surface area contributed by atoms with E-state index in [4.69, 9.17) is 14.9 Å². The number of oxazole rings is 1. The molecule has 1 atom stereocenters. The lowest BCUT2D eigenvalue weighted by molar-refractivity contribution is -0.140. The number of halogens is 3. The SMILES string of the molecule is COc1ccc(-c2nc(C(=O)NCC(O)NC3CCC3)c(CN)o2)c2ccc(C(F)(F)F)nc12. The van der Waals surface area contributed by atoms with Gasteiger partial charge in [0.25, 0.3) is 5.91 Å². The van der Waals surface area contributed by atoms with Crippen molar-refractivity contribution in [3.63, 3.8) is 0 Å². The first kappa shape index (κ1) is 23.9. The van der Waals surface area contributed by atoms with Crippen LogP contribution in [0.4, 0.5) is 13.2 Å². The second-order valence-corrected chi connectivity index (χ2v) is 7.92. The second kappa shape index (κ2) is 9.57. The van der Waals surface area contributed by atoms with Crippen molar-refractivity contribution >= 4 is 16.8 Å². The standard InChI is InChI=1S/C22H24F3N5O4/c1-33-14-7-5-13(12-6-8-16(22(23,24)25)29-18(12)14)21-30-19(15(9-26)34-21)20(32)27-10-17(31)28-11-3-2-4-11/h5-8,11,17,28,31H,2-4,9-10,26H2,1H3,(H,27,32). The molecule has 0 spiro atoms. The van der Waals surface area contributed by atoms with Crippen LogP contribution in [-0.4, -0.2) is 46.9 Å². The van der Waals surface area contributed by atoms with E-state index in [-0.39, 0.29) is 47.7 Å². The predicted molar refractivity (Wildman–Crippen MR) is 116 cm³/mol. The van der Waals surface area contributed by atoms with Crippen molar-refractivity contribution in [3.05, 3.63) is 41.4 Å². The van der Waals surface area contributed by atoms with Crippen molar-refractivity contribution in [1.82, 2.24) is 20.6 Å². The third-order valence-corrected chi connectivity index (χ3v) is 5.65. The lowest BCUT2D eigenvalue weighted by atomic mass is 9.93. The minimum Gasteiger partial charge on any atom is -0.494 e. The zero-order chi connectivity index (χ0) is 24.5. The quantitative estimate of drug-likeness (QED) is 0.362. The third kappa shape index (κ3) is 4.83. The van der Waals surface area contributed by atoms with Crippen LogP contribution in [0.25, 0.3) is 22.4 Å². The first-order valence-electron chi connectivity index (χ1n) is 10.7. The Bertz CT molecular complexity index is 1190. The number of rotatable bonds is 8. The molecule has 2 heterocycles. The monoisotopic (exact) mass is 479 g/mol. The fourth-order valence-corrected chi connectivity index (χ4v) is 3.66. The van der Waals surface area contributed by atoms with E-state index >= 15 is 0 Å². The number of aromatic nitrogens is 2. The van der Waals surface area contributed by atoms with Crippen molar-refractivity contribution in [1.29, 1.82) is 0 Å². The number of hydrogen-bond donors (Lipinski definition) is 4. The molecular weight excluding hydrogens is 455 g/mol. The highest BCUT2D eigenvalue weighted by Gasteiger charge is 2.33. The van der Waals surface area contributed by atoms with Gasteiger partial charge in [0.15, 0.2) is 11.5 Å². The summed E-state index contributed by atoms with van der Waals surface area (Å²) in [6.07, 6.45) is -2.49. The van der Waals surface area contributed by atoms with Crippen molar-refractivity contribution in [2.24, 2.45) is 5.73 Å². The average molecular weight is 479 g/mol. The van der Waals surface area contributed by atoms with Crippen LogP contribution in [0.15, 0.2) is 28.7 Å². The molecule has 1 fully saturated rings. The number of pyridine rings is 1. The maximum absolute atomic E-state index is 13.2. The molecule has 0 bridgehead atoms. The Balaban J connectivity index is 1.63. The molecule has 3 aromatic rings. The predicted octanol–water partition coefficient (Wildman–Crippen LogP) is 2.57. The Morgan fingerprint density at radius 1 is 1.29 bits per heavy atom. The largest absolute Gasteiger partial charge is 0.494 e. The molecule has 5 N–H and O–H groups in total. The summed E-state index contributed by atoms with van der Waals surface area (Å²) in [4.78, 5) is 20.6. The minimum atomic E-state index is -4.63. The van der Waals surface area contributed by atoms with E-state index in [0.29, 0.717) is 10.9 Å². The van der Waals surface area contributed by atoms with Gasteiger partial charge in [0, 0.05) is 17.0 Å². The summed E-state index contributed by atoms with van der Waals surface area (Å²) in [5, 5.41) is 15.9. The summed E-state index contributed by atoms with van der Waals surface area (Å²) in [6, 6.07) is 5.33. The van der Waals surface area contributed by atoms with Crippen molar-refractivity contribution in [3.8, 4) is 17.2 Å². The second-order valence-electron chi connectivity index (χ2n) is 7.92. The van der Waals surface area contributed by atoms with Crippen LogP contribution in [0.5, 0.6) is 5.75 Å². The Morgan fingerprint density at radius 3 is 2.68 bits per heavy atom. The van der Waals surface area contributed by atoms with Crippen molar-refractivity contribution in [2.75, 3.05) is 13.7 Å². The van der Waals surface area contributed by atoms with Crippen molar-refractivity contribution in [2.45, 2.75) is 44.3 Å². The Hall–Kier alpha value is -3.22. The highest BCUT2D eigenvalue weighted by molar-refractivity contribution is 5.98. The van der Waals surface area contributed by atoms with E-state index in [1.165, 1.54) is 19.2 Å². The van der Waals surface area contributed by atoms with E-state index < -0.39 is 24.0 Å². The van der Waals surface area contributed by atoms with Crippen LogP contribution in [0, 0.1) is 0 Å². The van der Waals surface area contributed by atoms with E-state index in [1.807, 2.05) is 0 Å². The number of amides is 1. The molecule has 12 heteroatoms. The molecule has 1 amide bonds. The minimum absolute atomic E-state index is 0.00652. The first-order chi connectivity index (χ1) is 16.2. The van der Waals surface area contributed by atoms with Gasteiger partial charge in [-0.3, -0.25) is 10.1 Å². The van der Waals surface area contributed by atoms with Crippen molar-refractivity contribution < 1.29 is 32.2 Å². The molecule has 1 aliphatic rings. The Morgan fingerprint density at radius 2 is 2.06 bits per heavy atom.